The number of nitrogens with zero attached hydrogens (tertiary/aromatic N) is 4. The first-order valence-electron chi connectivity index (χ1n) is 21.4. The van der Waals surface area contributed by atoms with Gasteiger partial charge in [0.25, 0.3) is 0 Å². The monoisotopic (exact) mass is 794 g/mol. The number of rotatable bonds is 7. The summed E-state index contributed by atoms with van der Waals surface area (Å²) in [5, 5.41) is 3.67. The van der Waals surface area contributed by atoms with Gasteiger partial charge in [-0.2, -0.15) is 0 Å². The molecule has 1 aliphatic carbocycles. The molecule has 1 aliphatic rings. The van der Waals surface area contributed by atoms with E-state index < -0.39 is 0 Å². The predicted molar refractivity (Wildman–Crippen MR) is 259 cm³/mol. The minimum atomic E-state index is -0.110. The first kappa shape index (κ1) is 35.9. The van der Waals surface area contributed by atoms with E-state index in [1.54, 1.807) is 0 Å². The van der Waals surface area contributed by atoms with Crippen LogP contribution in [-0.4, -0.2) is 14.1 Å². The number of anilines is 3. The van der Waals surface area contributed by atoms with E-state index in [9.17, 15) is 0 Å². The van der Waals surface area contributed by atoms with Crippen molar-refractivity contribution in [1.82, 2.24) is 14.1 Å². The van der Waals surface area contributed by atoms with E-state index in [1.807, 2.05) is 12.4 Å². The van der Waals surface area contributed by atoms with E-state index in [0.717, 1.165) is 39.6 Å². The number of pyridine rings is 1. The summed E-state index contributed by atoms with van der Waals surface area (Å²) in [6, 6.07) is 73.1. The van der Waals surface area contributed by atoms with E-state index >= 15 is 0 Å². The lowest BCUT2D eigenvalue weighted by Crippen LogP contribution is -2.16. The molecule has 4 heteroatoms. The van der Waals surface area contributed by atoms with Crippen LogP contribution in [0.25, 0.3) is 77.5 Å². The highest BCUT2D eigenvalue weighted by atomic mass is 15.1. The molecule has 62 heavy (non-hydrogen) atoms. The van der Waals surface area contributed by atoms with Crippen LogP contribution < -0.4 is 4.90 Å². The molecule has 0 spiro atoms. The lowest BCUT2D eigenvalue weighted by atomic mass is 9.82. The summed E-state index contributed by atoms with van der Waals surface area (Å²) in [4.78, 5) is 6.63. The second-order valence-electron chi connectivity index (χ2n) is 16.9. The van der Waals surface area contributed by atoms with Crippen LogP contribution in [0.1, 0.15) is 25.0 Å². The van der Waals surface area contributed by atoms with Gasteiger partial charge >= 0.3 is 0 Å². The summed E-state index contributed by atoms with van der Waals surface area (Å²) in [6.07, 6.45) is 5.90. The fourth-order valence-electron chi connectivity index (χ4n) is 9.98. The van der Waals surface area contributed by atoms with Crippen molar-refractivity contribution >= 4 is 49.8 Å². The molecular formula is C58H42N4. The maximum atomic E-state index is 4.23. The topological polar surface area (TPSA) is 26.0 Å². The average molecular weight is 795 g/mol. The van der Waals surface area contributed by atoms with Gasteiger partial charge in [-0.1, -0.05) is 123 Å². The molecule has 4 nitrogen and oxygen atoms in total. The minimum absolute atomic E-state index is 0.110. The predicted octanol–water partition coefficient (Wildman–Crippen LogP) is 15.2. The van der Waals surface area contributed by atoms with Crippen LogP contribution in [0.15, 0.2) is 219 Å². The van der Waals surface area contributed by atoms with E-state index in [0.29, 0.717) is 0 Å². The summed E-state index contributed by atoms with van der Waals surface area (Å²) in [7, 11) is 0. The van der Waals surface area contributed by atoms with Crippen LogP contribution in [0.2, 0.25) is 0 Å². The Bertz CT molecular complexity index is 3450. The Hall–Kier alpha value is -7.95. The Morgan fingerprint density at radius 3 is 1.76 bits per heavy atom. The van der Waals surface area contributed by atoms with Crippen LogP contribution in [0.3, 0.4) is 0 Å². The van der Waals surface area contributed by atoms with Crippen molar-refractivity contribution in [3.63, 3.8) is 0 Å². The molecule has 0 radical (unpaired) electrons. The van der Waals surface area contributed by atoms with Gasteiger partial charge in [0.15, 0.2) is 0 Å². The highest BCUT2D eigenvalue weighted by Crippen LogP contribution is 2.51. The maximum Gasteiger partial charge on any atom is 0.0788 e. The fraction of sp³-hybridized carbons (Fsp3) is 0.0517. The number of aromatic nitrogens is 3. The Labute approximate surface area is 361 Å². The zero-order valence-corrected chi connectivity index (χ0v) is 34.6. The van der Waals surface area contributed by atoms with Crippen molar-refractivity contribution in [2.45, 2.75) is 19.3 Å². The quantitative estimate of drug-likeness (QED) is 0.161. The van der Waals surface area contributed by atoms with Crippen LogP contribution in [0.4, 0.5) is 17.1 Å². The van der Waals surface area contributed by atoms with Crippen molar-refractivity contribution < 1.29 is 0 Å². The molecule has 294 valence electrons. The van der Waals surface area contributed by atoms with Gasteiger partial charge < -0.3 is 14.0 Å². The second-order valence-corrected chi connectivity index (χ2v) is 16.9. The summed E-state index contributed by atoms with van der Waals surface area (Å²) in [5.74, 6) is 0. The summed E-state index contributed by atoms with van der Waals surface area (Å²) >= 11 is 0. The highest BCUT2D eigenvalue weighted by Gasteiger charge is 2.35. The maximum absolute atomic E-state index is 4.23. The van der Waals surface area contributed by atoms with Gasteiger partial charge in [-0.25, -0.2) is 0 Å². The van der Waals surface area contributed by atoms with Gasteiger partial charge in [0.2, 0.25) is 0 Å². The van der Waals surface area contributed by atoms with E-state index in [1.165, 1.54) is 66.1 Å². The van der Waals surface area contributed by atoms with Crippen LogP contribution in [0, 0.1) is 0 Å². The summed E-state index contributed by atoms with van der Waals surface area (Å²) in [5.41, 5.74) is 19.1. The third-order valence-electron chi connectivity index (χ3n) is 13.0. The number of hydrogen-bond acceptors (Lipinski definition) is 2. The molecule has 11 aromatic rings. The fourth-order valence-corrected chi connectivity index (χ4v) is 9.98. The molecule has 0 aliphatic heterocycles. The van der Waals surface area contributed by atoms with Crippen LogP contribution in [-0.2, 0) is 5.41 Å². The van der Waals surface area contributed by atoms with E-state index in [2.05, 4.69) is 239 Å². The normalized spacial score (nSPS) is 12.8. The minimum Gasteiger partial charge on any atom is -0.315 e. The molecule has 3 aromatic heterocycles. The van der Waals surface area contributed by atoms with Gasteiger partial charge in [0, 0.05) is 68.6 Å². The lowest BCUT2D eigenvalue weighted by Gasteiger charge is -2.28. The summed E-state index contributed by atoms with van der Waals surface area (Å²) < 4.78 is 4.77. The van der Waals surface area contributed by atoms with Crippen LogP contribution in [0.5, 0.6) is 0 Å². The van der Waals surface area contributed by atoms with Crippen molar-refractivity contribution in [3.05, 3.63) is 230 Å². The van der Waals surface area contributed by atoms with Crippen molar-refractivity contribution in [2.75, 3.05) is 4.90 Å². The molecule has 12 rings (SSSR count). The standard InChI is InChI=1S/C58H42N4/c1-58(2)53-16-10-9-15-49(53)50-29-27-48(38-54(50)58)61(46-23-17-39(18-24-46)41-31-34-59-35-32-41)47-25-19-40(20-26-47)43-22-30-55-52(37-43)51-28-21-42-33-36-60(44-11-5-3-6-12-44)56(42)57(51)62(55)45-13-7-4-8-14-45/h3-38H,1-2H3. The first-order valence-corrected chi connectivity index (χ1v) is 21.4. The molecule has 0 amide bonds. The number of para-hydroxylation sites is 2. The molecule has 0 saturated heterocycles. The molecule has 0 unspecified atom stereocenters. The molecule has 0 N–H and O–H groups in total. The zero-order chi connectivity index (χ0) is 41.4. The number of hydrogen-bond donors (Lipinski definition) is 0. The molecule has 0 saturated carbocycles. The summed E-state index contributed by atoms with van der Waals surface area (Å²) in [6.45, 7) is 4.70. The Kier molecular flexibility index (Phi) is 8.16. The van der Waals surface area contributed by atoms with E-state index in [-0.39, 0.29) is 5.41 Å². The van der Waals surface area contributed by atoms with Gasteiger partial charge in [0.1, 0.15) is 0 Å². The molecular weight excluding hydrogens is 753 g/mol. The molecule has 0 atom stereocenters. The molecule has 0 bridgehead atoms. The van der Waals surface area contributed by atoms with Gasteiger partial charge in [-0.05, 0) is 136 Å². The van der Waals surface area contributed by atoms with Crippen molar-refractivity contribution in [1.29, 1.82) is 0 Å². The molecule has 0 fully saturated rings. The van der Waals surface area contributed by atoms with Gasteiger partial charge in [0.05, 0.1) is 16.6 Å². The van der Waals surface area contributed by atoms with E-state index in [4.69, 9.17) is 0 Å². The number of benzene rings is 8. The SMILES string of the molecule is CC1(C)c2ccccc2-c2ccc(N(c3ccc(-c4ccncc4)cc3)c3ccc(-c4ccc5c(c4)c4ccc6ccn(-c7ccccc7)c6c4n5-c4ccccc4)cc3)cc21. The highest BCUT2D eigenvalue weighted by molar-refractivity contribution is 6.18. The number of fused-ring (bicyclic) bond motifs is 8. The first-order chi connectivity index (χ1) is 30.5. The third kappa shape index (κ3) is 5.64. The second kappa shape index (κ2) is 14.1. The molecule has 3 heterocycles. The van der Waals surface area contributed by atoms with Gasteiger partial charge in [-0.15, -0.1) is 0 Å². The Balaban J connectivity index is 0.984. The average Bonchev–Trinajstić information content (AvgIpc) is 3.98. The molecule has 8 aromatic carbocycles. The lowest BCUT2D eigenvalue weighted by molar-refractivity contribution is 0.660. The largest absolute Gasteiger partial charge is 0.315 e. The Morgan fingerprint density at radius 1 is 0.435 bits per heavy atom. The van der Waals surface area contributed by atoms with Crippen molar-refractivity contribution in [3.8, 4) is 44.8 Å². The smallest absolute Gasteiger partial charge is 0.0788 e. The van der Waals surface area contributed by atoms with Gasteiger partial charge in [-0.3, -0.25) is 4.98 Å². The van der Waals surface area contributed by atoms with Crippen molar-refractivity contribution in [2.24, 2.45) is 0 Å². The third-order valence-corrected chi connectivity index (χ3v) is 13.0. The van der Waals surface area contributed by atoms with Crippen LogP contribution >= 0.6 is 0 Å². The zero-order valence-electron chi connectivity index (χ0n) is 34.6. The Morgan fingerprint density at radius 2 is 1.03 bits per heavy atom.